The second-order valence-corrected chi connectivity index (χ2v) is 7.20. The van der Waals surface area contributed by atoms with Gasteiger partial charge >= 0.3 is 0 Å². The van der Waals surface area contributed by atoms with E-state index in [1.54, 1.807) is 17.0 Å². The summed E-state index contributed by atoms with van der Waals surface area (Å²) in [6.07, 6.45) is 4.92. The van der Waals surface area contributed by atoms with Crippen LogP contribution >= 0.6 is 11.6 Å². The molecule has 5 heteroatoms. The second kappa shape index (κ2) is 6.91. The van der Waals surface area contributed by atoms with Gasteiger partial charge in [-0.1, -0.05) is 37.4 Å². The second-order valence-electron chi connectivity index (χ2n) is 6.76. The lowest BCUT2D eigenvalue weighted by Crippen LogP contribution is -2.44. The number of nitrogens with one attached hydrogen (secondary N) is 1. The molecule has 0 unspecified atom stereocenters. The summed E-state index contributed by atoms with van der Waals surface area (Å²) in [7, 11) is 0. The Morgan fingerprint density at radius 3 is 2.83 bits per heavy atom. The van der Waals surface area contributed by atoms with E-state index in [-0.39, 0.29) is 30.2 Å². The fraction of sp³-hybridized carbons (Fsp3) is 0.556. The van der Waals surface area contributed by atoms with Crippen LogP contribution in [0.25, 0.3) is 0 Å². The van der Waals surface area contributed by atoms with Crippen LogP contribution in [0.2, 0.25) is 5.02 Å². The SMILES string of the molecule is C[C@@H]1CCCC[C@@H]1NC(=O)[C@H]1CC(=O)N(c2cccc(Cl)c2)C1. The van der Waals surface area contributed by atoms with Crippen LogP contribution < -0.4 is 10.2 Å². The minimum Gasteiger partial charge on any atom is -0.353 e. The van der Waals surface area contributed by atoms with Crippen molar-refractivity contribution in [3.8, 4) is 0 Å². The zero-order valence-corrected chi connectivity index (χ0v) is 14.2. The van der Waals surface area contributed by atoms with Crippen molar-refractivity contribution >= 4 is 29.1 Å². The minimum atomic E-state index is -0.268. The lowest BCUT2D eigenvalue weighted by atomic mass is 9.85. The fourth-order valence-corrected chi connectivity index (χ4v) is 3.79. The molecule has 2 amide bonds. The van der Waals surface area contributed by atoms with E-state index in [1.165, 1.54) is 19.3 Å². The number of rotatable bonds is 3. The number of anilines is 1. The molecule has 1 aromatic carbocycles. The molecule has 124 valence electrons. The molecule has 2 aliphatic rings. The monoisotopic (exact) mass is 334 g/mol. The lowest BCUT2D eigenvalue weighted by molar-refractivity contribution is -0.127. The molecule has 1 saturated heterocycles. The molecule has 0 radical (unpaired) electrons. The van der Waals surface area contributed by atoms with Crippen molar-refractivity contribution in [1.29, 1.82) is 0 Å². The van der Waals surface area contributed by atoms with Crippen LogP contribution in [-0.4, -0.2) is 24.4 Å². The van der Waals surface area contributed by atoms with E-state index in [4.69, 9.17) is 11.6 Å². The van der Waals surface area contributed by atoms with E-state index < -0.39 is 0 Å². The van der Waals surface area contributed by atoms with Gasteiger partial charge in [0.1, 0.15) is 0 Å². The summed E-state index contributed by atoms with van der Waals surface area (Å²) in [4.78, 5) is 26.5. The Balaban J connectivity index is 1.63. The molecular formula is C18H23ClN2O2. The number of hydrogen-bond donors (Lipinski definition) is 1. The summed E-state index contributed by atoms with van der Waals surface area (Å²) in [5.74, 6) is 0.259. The first-order valence-electron chi connectivity index (χ1n) is 8.41. The topological polar surface area (TPSA) is 49.4 Å². The number of nitrogens with zero attached hydrogens (tertiary/aromatic N) is 1. The number of halogens is 1. The van der Waals surface area contributed by atoms with Gasteiger partial charge in [-0.05, 0) is 37.0 Å². The Kier molecular flexibility index (Phi) is 4.90. The largest absolute Gasteiger partial charge is 0.353 e. The van der Waals surface area contributed by atoms with Crippen molar-refractivity contribution < 1.29 is 9.59 Å². The maximum absolute atomic E-state index is 12.5. The molecule has 2 fully saturated rings. The molecule has 4 nitrogen and oxygen atoms in total. The Morgan fingerprint density at radius 2 is 2.09 bits per heavy atom. The number of carbonyl (C=O) groups excluding carboxylic acids is 2. The zero-order valence-electron chi connectivity index (χ0n) is 13.4. The summed E-state index contributed by atoms with van der Waals surface area (Å²) in [5, 5.41) is 3.77. The van der Waals surface area contributed by atoms with E-state index in [1.807, 2.05) is 12.1 Å². The van der Waals surface area contributed by atoms with Gasteiger partial charge in [0.15, 0.2) is 0 Å². The molecule has 23 heavy (non-hydrogen) atoms. The third-order valence-electron chi connectivity index (χ3n) is 5.05. The number of benzene rings is 1. The molecule has 3 atom stereocenters. The predicted octanol–water partition coefficient (Wildman–Crippen LogP) is 3.39. The molecule has 1 heterocycles. The number of amides is 2. The summed E-state index contributed by atoms with van der Waals surface area (Å²) < 4.78 is 0. The summed E-state index contributed by atoms with van der Waals surface area (Å²) in [6.45, 7) is 2.63. The third kappa shape index (κ3) is 3.69. The van der Waals surface area contributed by atoms with Crippen molar-refractivity contribution in [3.63, 3.8) is 0 Å². The smallest absolute Gasteiger partial charge is 0.227 e. The van der Waals surface area contributed by atoms with Crippen molar-refractivity contribution in [3.05, 3.63) is 29.3 Å². The van der Waals surface area contributed by atoms with Crippen LogP contribution in [-0.2, 0) is 9.59 Å². The highest BCUT2D eigenvalue weighted by molar-refractivity contribution is 6.30. The molecule has 1 aromatic rings. The van der Waals surface area contributed by atoms with E-state index >= 15 is 0 Å². The Bertz CT molecular complexity index is 604. The molecule has 1 aliphatic heterocycles. The third-order valence-corrected chi connectivity index (χ3v) is 5.29. The van der Waals surface area contributed by atoms with Crippen LogP contribution in [0.5, 0.6) is 0 Å². The van der Waals surface area contributed by atoms with Crippen molar-refractivity contribution in [2.45, 2.75) is 45.1 Å². The first kappa shape index (κ1) is 16.3. The average Bonchev–Trinajstić information content (AvgIpc) is 2.92. The van der Waals surface area contributed by atoms with Gasteiger partial charge in [0, 0.05) is 29.7 Å². The van der Waals surface area contributed by atoms with Crippen molar-refractivity contribution in [2.24, 2.45) is 11.8 Å². The van der Waals surface area contributed by atoms with Crippen molar-refractivity contribution in [1.82, 2.24) is 5.32 Å². The highest BCUT2D eigenvalue weighted by Crippen LogP contribution is 2.28. The highest BCUT2D eigenvalue weighted by atomic mass is 35.5. The Morgan fingerprint density at radius 1 is 1.30 bits per heavy atom. The van der Waals surface area contributed by atoms with Gasteiger partial charge in [-0.25, -0.2) is 0 Å². The first-order chi connectivity index (χ1) is 11.0. The van der Waals surface area contributed by atoms with Gasteiger partial charge in [0.05, 0.1) is 5.92 Å². The quantitative estimate of drug-likeness (QED) is 0.921. The molecule has 1 N–H and O–H groups in total. The van der Waals surface area contributed by atoms with Crippen LogP contribution in [0.1, 0.15) is 39.0 Å². The van der Waals surface area contributed by atoms with Gasteiger partial charge in [-0.3, -0.25) is 9.59 Å². The molecule has 0 aromatic heterocycles. The Labute approximate surface area is 142 Å². The Hall–Kier alpha value is -1.55. The molecule has 1 saturated carbocycles. The van der Waals surface area contributed by atoms with Gasteiger partial charge in [-0.2, -0.15) is 0 Å². The van der Waals surface area contributed by atoms with Crippen LogP contribution in [0.4, 0.5) is 5.69 Å². The van der Waals surface area contributed by atoms with Gasteiger partial charge in [-0.15, -0.1) is 0 Å². The first-order valence-corrected chi connectivity index (χ1v) is 8.78. The highest BCUT2D eigenvalue weighted by Gasteiger charge is 2.36. The minimum absolute atomic E-state index is 0.0101. The average molecular weight is 335 g/mol. The summed E-state index contributed by atoms with van der Waals surface area (Å²) >= 11 is 6.00. The van der Waals surface area contributed by atoms with E-state index in [0.717, 1.165) is 12.1 Å². The molecule has 0 spiro atoms. The number of hydrogen-bond acceptors (Lipinski definition) is 2. The van der Waals surface area contributed by atoms with E-state index in [9.17, 15) is 9.59 Å². The molecule has 1 aliphatic carbocycles. The summed E-state index contributed by atoms with van der Waals surface area (Å²) in [5.41, 5.74) is 0.767. The van der Waals surface area contributed by atoms with Crippen molar-refractivity contribution in [2.75, 3.05) is 11.4 Å². The predicted molar refractivity (Wildman–Crippen MR) is 91.5 cm³/mol. The summed E-state index contributed by atoms with van der Waals surface area (Å²) in [6, 6.07) is 7.48. The fourth-order valence-electron chi connectivity index (χ4n) is 3.61. The molecular weight excluding hydrogens is 312 g/mol. The number of carbonyl (C=O) groups is 2. The maximum atomic E-state index is 12.5. The molecule has 3 rings (SSSR count). The lowest BCUT2D eigenvalue weighted by Gasteiger charge is -2.30. The molecule has 0 bridgehead atoms. The normalized spacial score (nSPS) is 28.0. The van der Waals surface area contributed by atoms with Crippen LogP contribution in [0, 0.1) is 11.8 Å². The van der Waals surface area contributed by atoms with Gasteiger partial charge in [0.25, 0.3) is 0 Å². The van der Waals surface area contributed by atoms with Crippen LogP contribution in [0.15, 0.2) is 24.3 Å². The van der Waals surface area contributed by atoms with E-state index in [2.05, 4.69) is 12.2 Å². The van der Waals surface area contributed by atoms with E-state index in [0.29, 0.717) is 17.5 Å². The zero-order chi connectivity index (χ0) is 16.4. The maximum Gasteiger partial charge on any atom is 0.227 e. The van der Waals surface area contributed by atoms with Gasteiger partial charge in [0.2, 0.25) is 11.8 Å². The standard InChI is InChI=1S/C18H23ClN2O2/c1-12-5-2-3-8-16(12)20-18(23)13-9-17(22)21(11-13)15-7-4-6-14(19)10-15/h4,6-7,10,12-13,16H,2-3,5,8-9,11H2,1H3,(H,20,23)/t12-,13+,16+/m1/s1. The van der Waals surface area contributed by atoms with Gasteiger partial charge < -0.3 is 10.2 Å². The van der Waals surface area contributed by atoms with Crippen LogP contribution in [0.3, 0.4) is 0 Å².